The van der Waals surface area contributed by atoms with Gasteiger partial charge in [0.15, 0.2) is 0 Å². The van der Waals surface area contributed by atoms with Gasteiger partial charge >= 0.3 is 6.09 Å². The number of H-pyrrole nitrogens is 1. The molecule has 1 amide bonds. The second-order valence-electron chi connectivity index (χ2n) is 11.5. The Morgan fingerprint density at radius 1 is 1.33 bits per heavy atom. The molecule has 9 nitrogen and oxygen atoms in total. The number of hydrogen-bond donors (Lipinski definition) is 3. The van der Waals surface area contributed by atoms with Crippen molar-refractivity contribution in [1.29, 1.82) is 5.26 Å². The minimum absolute atomic E-state index is 0.0288. The van der Waals surface area contributed by atoms with Crippen molar-refractivity contribution in [2.24, 2.45) is 17.6 Å². The van der Waals surface area contributed by atoms with Gasteiger partial charge in [-0.05, 0) is 69.7 Å². The van der Waals surface area contributed by atoms with Gasteiger partial charge in [-0.3, -0.25) is 0 Å². The van der Waals surface area contributed by atoms with Crippen LogP contribution in [0.25, 0.3) is 0 Å². The second-order valence-corrected chi connectivity index (χ2v) is 11.5. The molecular weight excluding hydrogens is 494 g/mol. The fourth-order valence-corrected chi connectivity index (χ4v) is 5.57. The van der Waals surface area contributed by atoms with Crippen LogP contribution in [0, 0.1) is 41.9 Å². The maximum atomic E-state index is 12.4. The molecular formula is C30H37N5O4. The highest BCUT2D eigenvalue weighted by Crippen LogP contribution is 2.52. The summed E-state index contributed by atoms with van der Waals surface area (Å²) in [6.07, 6.45) is 1.21. The largest absolute Gasteiger partial charge is 0.444 e. The van der Waals surface area contributed by atoms with Crippen LogP contribution in [-0.4, -0.2) is 45.0 Å². The topological polar surface area (TPSA) is 137 Å². The van der Waals surface area contributed by atoms with E-state index in [4.69, 9.17) is 15.2 Å². The van der Waals surface area contributed by atoms with E-state index in [9.17, 15) is 15.2 Å². The van der Waals surface area contributed by atoms with Crippen molar-refractivity contribution in [1.82, 2.24) is 15.1 Å². The number of hydrogen-bond acceptors (Lipinski definition) is 7. The summed E-state index contributed by atoms with van der Waals surface area (Å²) in [6.45, 7) is 12.5. The number of aliphatic hydroxyl groups is 1. The summed E-state index contributed by atoms with van der Waals surface area (Å²) in [5.41, 5.74) is 8.78. The average Bonchev–Trinajstić information content (AvgIpc) is 3.25. The van der Waals surface area contributed by atoms with Gasteiger partial charge in [0.25, 0.3) is 0 Å². The van der Waals surface area contributed by atoms with Crippen molar-refractivity contribution in [2.45, 2.75) is 72.0 Å². The summed E-state index contributed by atoms with van der Waals surface area (Å²) in [5, 5.41) is 27.6. The van der Waals surface area contributed by atoms with Crippen LogP contribution >= 0.6 is 0 Å². The summed E-state index contributed by atoms with van der Waals surface area (Å²) in [7, 11) is 0. The Kier molecular flexibility index (Phi) is 7.68. The standard InChI is InChI=1S/C30H37N5O4/c1-18(2)30(24(16-31)26(32)38-27-25(30)19(3)33-34-27)23-14-21(13-22(15-23)17-36)8-7-20-9-11-35(12-10-20)28(37)39-29(4,5)6/h13-15,18,20,36H,9-12,17,32H2,1-6H3,(H,33,34). The molecule has 0 saturated carbocycles. The smallest absolute Gasteiger partial charge is 0.410 e. The molecule has 4 rings (SSSR count). The molecule has 3 heterocycles. The van der Waals surface area contributed by atoms with E-state index < -0.39 is 11.0 Å². The number of nitrogens with zero attached hydrogens (tertiary/aromatic N) is 3. The summed E-state index contributed by atoms with van der Waals surface area (Å²) in [6, 6.07) is 8.03. The molecule has 206 valence electrons. The van der Waals surface area contributed by atoms with Crippen molar-refractivity contribution in [3.05, 3.63) is 57.6 Å². The first-order valence-electron chi connectivity index (χ1n) is 13.3. The van der Waals surface area contributed by atoms with Crippen LogP contribution in [0.15, 0.2) is 29.7 Å². The fourth-order valence-electron chi connectivity index (χ4n) is 5.57. The van der Waals surface area contributed by atoms with Gasteiger partial charge in [0.1, 0.15) is 17.2 Å². The van der Waals surface area contributed by atoms with E-state index in [1.165, 1.54) is 0 Å². The van der Waals surface area contributed by atoms with Gasteiger partial charge in [0.05, 0.1) is 23.3 Å². The molecule has 2 aliphatic heterocycles. The van der Waals surface area contributed by atoms with Crippen molar-refractivity contribution >= 4 is 6.09 Å². The number of fused-ring (bicyclic) bond motifs is 1. The summed E-state index contributed by atoms with van der Waals surface area (Å²) in [5.74, 6) is 7.14. The maximum absolute atomic E-state index is 12.4. The number of ether oxygens (including phenoxy) is 2. The Bertz CT molecular complexity index is 1390. The van der Waals surface area contributed by atoms with Crippen LogP contribution in [0.4, 0.5) is 4.79 Å². The van der Waals surface area contributed by atoms with Crippen molar-refractivity contribution in [2.75, 3.05) is 13.1 Å². The number of benzene rings is 1. The SMILES string of the molecule is Cc1n[nH]c2c1C(c1cc(C#CC3CCN(C(=O)OC(C)(C)C)CC3)cc(CO)c1)(C(C)C)C(C#N)=C(N)O2. The third kappa shape index (κ3) is 5.32. The van der Waals surface area contributed by atoms with E-state index in [0.29, 0.717) is 35.8 Å². The van der Waals surface area contributed by atoms with E-state index >= 15 is 0 Å². The van der Waals surface area contributed by atoms with Gasteiger partial charge in [-0.2, -0.15) is 10.4 Å². The lowest BCUT2D eigenvalue weighted by molar-refractivity contribution is 0.0199. The molecule has 39 heavy (non-hydrogen) atoms. The monoisotopic (exact) mass is 531 g/mol. The number of aromatic nitrogens is 2. The van der Waals surface area contributed by atoms with Crippen LogP contribution in [0.2, 0.25) is 0 Å². The van der Waals surface area contributed by atoms with E-state index in [1.807, 2.05) is 59.7 Å². The third-order valence-corrected chi connectivity index (χ3v) is 7.34. The van der Waals surface area contributed by atoms with Crippen LogP contribution in [-0.2, 0) is 16.8 Å². The fraction of sp³-hybridized carbons (Fsp3) is 0.500. The number of rotatable bonds is 3. The number of nitriles is 1. The summed E-state index contributed by atoms with van der Waals surface area (Å²) in [4.78, 5) is 14.1. The van der Waals surface area contributed by atoms with Gasteiger partial charge < -0.3 is 25.2 Å². The number of carbonyl (C=O) groups excluding carboxylic acids is 1. The predicted molar refractivity (Wildman–Crippen MR) is 146 cm³/mol. The number of nitrogens with two attached hydrogens (primary N) is 1. The lowest BCUT2D eigenvalue weighted by Crippen LogP contribution is -2.41. The molecule has 4 N–H and O–H groups in total. The van der Waals surface area contributed by atoms with E-state index in [1.54, 1.807) is 4.90 Å². The normalized spacial score (nSPS) is 19.6. The minimum atomic E-state index is -0.941. The predicted octanol–water partition coefficient (Wildman–Crippen LogP) is 4.24. The van der Waals surface area contributed by atoms with Crippen molar-refractivity contribution in [3.63, 3.8) is 0 Å². The second kappa shape index (κ2) is 10.7. The van der Waals surface area contributed by atoms with Crippen LogP contribution in [0.1, 0.15) is 75.4 Å². The molecule has 0 bridgehead atoms. The number of aliphatic hydroxyl groups excluding tert-OH is 1. The van der Waals surface area contributed by atoms with E-state index in [2.05, 4.69) is 28.1 Å². The number of carbonyl (C=O) groups is 1. The molecule has 0 spiro atoms. The first kappa shape index (κ1) is 28.1. The molecule has 1 atom stereocenters. The zero-order chi connectivity index (χ0) is 28.5. The first-order valence-corrected chi connectivity index (χ1v) is 13.3. The molecule has 0 radical (unpaired) electrons. The lowest BCUT2D eigenvalue weighted by Gasteiger charge is -2.41. The zero-order valence-corrected chi connectivity index (χ0v) is 23.5. The number of amides is 1. The summed E-state index contributed by atoms with van der Waals surface area (Å²) >= 11 is 0. The number of allylic oxidation sites excluding steroid dienone is 1. The van der Waals surface area contributed by atoms with Gasteiger partial charge in [0, 0.05) is 24.6 Å². The van der Waals surface area contributed by atoms with Crippen LogP contribution < -0.4 is 10.5 Å². The lowest BCUT2D eigenvalue weighted by atomic mass is 9.61. The van der Waals surface area contributed by atoms with Crippen molar-refractivity contribution < 1.29 is 19.4 Å². The average molecular weight is 532 g/mol. The molecule has 1 aromatic carbocycles. The molecule has 2 aromatic rings. The number of piperidine rings is 1. The Morgan fingerprint density at radius 3 is 2.62 bits per heavy atom. The Balaban J connectivity index is 1.69. The summed E-state index contributed by atoms with van der Waals surface area (Å²) < 4.78 is 11.2. The van der Waals surface area contributed by atoms with Crippen LogP contribution in [0.3, 0.4) is 0 Å². The highest BCUT2D eigenvalue weighted by molar-refractivity contribution is 5.68. The Hall–Kier alpha value is -3.95. The molecule has 0 aliphatic carbocycles. The van der Waals surface area contributed by atoms with Crippen molar-refractivity contribution in [3.8, 4) is 23.8 Å². The van der Waals surface area contributed by atoms with Gasteiger partial charge in [-0.15, -0.1) is 0 Å². The molecule has 1 fully saturated rings. The minimum Gasteiger partial charge on any atom is -0.444 e. The Morgan fingerprint density at radius 2 is 2.03 bits per heavy atom. The number of aryl methyl sites for hydroxylation is 1. The van der Waals surface area contributed by atoms with Gasteiger partial charge in [-0.1, -0.05) is 31.8 Å². The maximum Gasteiger partial charge on any atom is 0.410 e. The number of aromatic amines is 1. The molecule has 9 heteroatoms. The molecule has 1 unspecified atom stereocenters. The molecule has 1 aromatic heterocycles. The highest BCUT2D eigenvalue weighted by Gasteiger charge is 2.50. The Labute approximate surface area is 230 Å². The van der Waals surface area contributed by atoms with E-state index in [0.717, 1.165) is 29.5 Å². The van der Waals surface area contributed by atoms with Gasteiger partial charge in [-0.25, -0.2) is 9.89 Å². The zero-order valence-electron chi connectivity index (χ0n) is 23.5. The van der Waals surface area contributed by atoms with Crippen LogP contribution in [0.5, 0.6) is 5.88 Å². The number of likely N-dealkylation sites (tertiary alicyclic amines) is 1. The first-order chi connectivity index (χ1) is 18.4. The van der Waals surface area contributed by atoms with E-state index in [-0.39, 0.29) is 30.4 Å². The third-order valence-electron chi connectivity index (χ3n) is 7.34. The highest BCUT2D eigenvalue weighted by atomic mass is 16.6. The molecule has 2 aliphatic rings. The van der Waals surface area contributed by atoms with Gasteiger partial charge in [0.2, 0.25) is 11.8 Å². The quantitative estimate of drug-likeness (QED) is 0.504. The molecule has 1 saturated heterocycles. The number of nitrogens with one attached hydrogen (secondary N) is 1.